The Morgan fingerprint density at radius 1 is 1.16 bits per heavy atom. The number of carbonyl (C=O) groups excluding carboxylic acids is 1. The largest absolute Gasteiger partial charge is 0.365 e. The van der Waals surface area contributed by atoms with Crippen molar-refractivity contribution >= 4 is 11.6 Å². The average molecular weight is 254 g/mol. The first kappa shape index (κ1) is 11.2. The second-order valence-corrected chi connectivity index (χ2v) is 4.01. The lowest BCUT2D eigenvalue weighted by atomic mass is 10.3. The Hall–Kier alpha value is -2.89. The van der Waals surface area contributed by atoms with E-state index in [1.54, 1.807) is 16.9 Å². The zero-order valence-electron chi connectivity index (χ0n) is 9.85. The first-order valence-electron chi connectivity index (χ1n) is 5.63. The summed E-state index contributed by atoms with van der Waals surface area (Å²) in [5.41, 5.74) is 5.80. The highest BCUT2D eigenvalue weighted by Gasteiger charge is 2.12. The summed E-state index contributed by atoms with van der Waals surface area (Å²) in [6, 6.07) is 11.0. The molecular weight excluding hydrogens is 244 g/mol. The fraction of sp³-hybridized carbons (Fsp3) is 0. The molecule has 6 heteroatoms. The highest BCUT2D eigenvalue weighted by molar-refractivity contribution is 5.92. The molecule has 0 atom stereocenters. The molecule has 0 aliphatic carbocycles. The summed E-state index contributed by atoms with van der Waals surface area (Å²) in [4.78, 5) is 27.5. The Labute approximate surface area is 107 Å². The van der Waals surface area contributed by atoms with Gasteiger partial charge in [-0.25, -0.2) is 4.98 Å². The number of nitrogens with zero attached hydrogens (tertiary/aromatic N) is 3. The first-order chi connectivity index (χ1) is 9.18. The van der Waals surface area contributed by atoms with Crippen molar-refractivity contribution in [2.75, 3.05) is 0 Å². The third-order valence-electron chi connectivity index (χ3n) is 2.83. The minimum absolute atomic E-state index is 0.131. The topological polar surface area (TPSA) is 82.4 Å². The number of carbonyl (C=O) groups is 1. The number of aromatic nitrogens is 3. The van der Waals surface area contributed by atoms with Crippen LogP contribution in [0.2, 0.25) is 0 Å². The monoisotopic (exact) mass is 254 g/mol. The fourth-order valence-corrected chi connectivity index (χ4v) is 1.94. The Morgan fingerprint density at radius 2 is 1.89 bits per heavy atom. The van der Waals surface area contributed by atoms with Crippen LogP contribution in [0.1, 0.15) is 10.4 Å². The molecule has 0 fully saturated rings. The lowest BCUT2D eigenvalue weighted by molar-refractivity contribution is 0.0998. The summed E-state index contributed by atoms with van der Waals surface area (Å²) < 4.78 is 2.94. The Morgan fingerprint density at radius 3 is 2.58 bits per heavy atom. The second kappa shape index (κ2) is 4.09. The van der Waals surface area contributed by atoms with Crippen molar-refractivity contribution in [2.24, 2.45) is 5.73 Å². The van der Waals surface area contributed by atoms with Gasteiger partial charge < -0.3 is 5.73 Å². The Bertz CT molecular complexity index is 818. The van der Waals surface area contributed by atoms with Gasteiger partial charge in [0.2, 0.25) is 0 Å². The first-order valence-corrected chi connectivity index (χ1v) is 5.63. The molecule has 0 radical (unpaired) electrons. The number of amides is 1. The maximum Gasteiger partial charge on any atom is 0.286 e. The van der Waals surface area contributed by atoms with Crippen molar-refractivity contribution in [1.82, 2.24) is 14.2 Å². The van der Waals surface area contributed by atoms with Crippen LogP contribution in [0.25, 0.3) is 11.3 Å². The molecule has 2 heterocycles. The van der Waals surface area contributed by atoms with Gasteiger partial charge >= 0.3 is 0 Å². The van der Waals surface area contributed by atoms with E-state index in [-0.39, 0.29) is 5.56 Å². The van der Waals surface area contributed by atoms with Crippen LogP contribution in [0.3, 0.4) is 0 Å². The van der Waals surface area contributed by atoms with E-state index in [1.165, 1.54) is 10.7 Å². The molecule has 0 bridgehead atoms. The van der Waals surface area contributed by atoms with Crippen molar-refractivity contribution in [3.05, 3.63) is 64.7 Å². The van der Waals surface area contributed by atoms with Crippen LogP contribution in [0.5, 0.6) is 0 Å². The van der Waals surface area contributed by atoms with Gasteiger partial charge in [-0.3, -0.25) is 14.3 Å². The molecule has 2 N–H and O–H groups in total. The van der Waals surface area contributed by atoms with E-state index in [0.29, 0.717) is 5.65 Å². The fourth-order valence-electron chi connectivity index (χ4n) is 1.94. The summed E-state index contributed by atoms with van der Waals surface area (Å²) >= 11 is 0. The lowest BCUT2D eigenvalue weighted by Gasteiger charge is -2.06. The van der Waals surface area contributed by atoms with E-state index in [2.05, 4.69) is 4.98 Å². The molecule has 19 heavy (non-hydrogen) atoms. The van der Waals surface area contributed by atoms with Gasteiger partial charge in [-0.2, -0.15) is 4.52 Å². The molecule has 0 aliphatic heterocycles. The standard InChI is InChI=1S/C13H10N4O2/c14-12(18)10-8-15-11-6-7-16(17(11)13(10)19)9-4-2-1-3-5-9/h1-8H,(H2,14,18). The SMILES string of the molecule is NC(=O)c1cnc2ccn(-c3ccccc3)n2c1=O. The smallest absolute Gasteiger partial charge is 0.286 e. The number of hydrogen-bond donors (Lipinski definition) is 1. The van der Waals surface area contributed by atoms with Gasteiger partial charge in [-0.05, 0) is 12.1 Å². The lowest BCUT2D eigenvalue weighted by Crippen LogP contribution is -2.29. The highest BCUT2D eigenvalue weighted by Crippen LogP contribution is 2.08. The summed E-state index contributed by atoms with van der Waals surface area (Å²) in [5, 5.41) is 0. The molecule has 0 aliphatic rings. The summed E-state index contributed by atoms with van der Waals surface area (Å²) in [7, 11) is 0. The third-order valence-corrected chi connectivity index (χ3v) is 2.83. The Balaban J connectivity index is 2.37. The summed E-state index contributed by atoms with van der Waals surface area (Å²) in [6.45, 7) is 0. The molecule has 0 spiro atoms. The second-order valence-electron chi connectivity index (χ2n) is 4.01. The van der Waals surface area contributed by atoms with Crippen molar-refractivity contribution < 1.29 is 4.79 Å². The van der Waals surface area contributed by atoms with E-state index < -0.39 is 11.5 Å². The van der Waals surface area contributed by atoms with Gasteiger partial charge in [-0.15, -0.1) is 0 Å². The molecule has 1 aromatic carbocycles. The van der Waals surface area contributed by atoms with Crippen LogP contribution in [0.15, 0.2) is 53.6 Å². The number of primary amides is 1. The van der Waals surface area contributed by atoms with E-state index in [9.17, 15) is 9.59 Å². The van der Waals surface area contributed by atoms with Crippen LogP contribution in [0.4, 0.5) is 0 Å². The maximum atomic E-state index is 12.2. The van der Waals surface area contributed by atoms with Crippen LogP contribution in [-0.4, -0.2) is 20.1 Å². The van der Waals surface area contributed by atoms with Gasteiger partial charge in [0.1, 0.15) is 5.56 Å². The van der Waals surface area contributed by atoms with E-state index in [4.69, 9.17) is 5.73 Å². The number of rotatable bonds is 2. The van der Waals surface area contributed by atoms with Gasteiger partial charge in [0.05, 0.1) is 5.69 Å². The predicted octanol–water partition coefficient (Wildman–Crippen LogP) is 0.584. The molecule has 2 aromatic heterocycles. The van der Waals surface area contributed by atoms with Crippen molar-refractivity contribution in [1.29, 1.82) is 0 Å². The van der Waals surface area contributed by atoms with Gasteiger partial charge in [0, 0.05) is 18.5 Å². The minimum Gasteiger partial charge on any atom is -0.365 e. The molecule has 94 valence electrons. The van der Waals surface area contributed by atoms with Crippen LogP contribution in [0, 0.1) is 0 Å². The van der Waals surface area contributed by atoms with Gasteiger partial charge in [-0.1, -0.05) is 18.2 Å². The molecule has 0 saturated heterocycles. The zero-order valence-corrected chi connectivity index (χ0v) is 9.85. The summed E-state index contributed by atoms with van der Waals surface area (Å²) in [5.74, 6) is -0.785. The zero-order chi connectivity index (χ0) is 13.4. The molecule has 1 amide bonds. The molecule has 0 unspecified atom stereocenters. The van der Waals surface area contributed by atoms with E-state index in [1.807, 2.05) is 30.3 Å². The normalized spacial score (nSPS) is 10.7. The predicted molar refractivity (Wildman–Crippen MR) is 69.3 cm³/mol. The third kappa shape index (κ3) is 1.70. The van der Waals surface area contributed by atoms with Crippen molar-refractivity contribution in [3.63, 3.8) is 0 Å². The molecular formula is C13H10N4O2. The number of fused-ring (bicyclic) bond motifs is 1. The number of nitrogens with two attached hydrogens (primary N) is 1. The molecule has 0 saturated carbocycles. The molecule has 6 nitrogen and oxygen atoms in total. The van der Waals surface area contributed by atoms with Crippen LogP contribution in [-0.2, 0) is 0 Å². The van der Waals surface area contributed by atoms with Crippen molar-refractivity contribution in [3.8, 4) is 5.69 Å². The van der Waals surface area contributed by atoms with Crippen molar-refractivity contribution in [2.45, 2.75) is 0 Å². The quantitative estimate of drug-likeness (QED) is 0.726. The van der Waals surface area contributed by atoms with Crippen LogP contribution >= 0.6 is 0 Å². The van der Waals surface area contributed by atoms with Gasteiger partial charge in [0.15, 0.2) is 5.65 Å². The number of benzene rings is 1. The van der Waals surface area contributed by atoms with Crippen LogP contribution < -0.4 is 11.3 Å². The molecule has 3 aromatic rings. The van der Waals surface area contributed by atoms with E-state index in [0.717, 1.165) is 5.69 Å². The summed E-state index contributed by atoms with van der Waals surface area (Å²) in [6.07, 6.45) is 2.92. The molecule has 3 rings (SSSR count). The van der Waals surface area contributed by atoms with Gasteiger partial charge in [0.25, 0.3) is 11.5 Å². The average Bonchev–Trinajstić information content (AvgIpc) is 2.84. The van der Waals surface area contributed by atoms with E-state index >= 15 is 0 Å². The maximum absolute atomic E-state index is 12.2. The Kier molecular flexibility index (Phi) is 2.42. The number of para-hydroxylation sites is 1. The highest BCUT2D eigenvalue weighted by atomic mass is 16.2. The number of hydrogen-bond acceptors (Lipinski definition) is 3. The minimum atomic E-state index is -0.785.